The highest BCUT2D eigenvalue weighted by Crippen LogP contribution is 2.32. The minimum absolute atomic E-state index is 0.263. The second kappa shape index (κ2) is 5.77. The zero-order valence-corrected chi connectivity index (χ0v) is 12.3. The van der Waals surface area contributed by atoms with Crippen LogP contribution in [0, 0.1) is 0 Å². The molecule has 0 bridgehead atoms. The molecule has 3 rings (SSSR count). The largest absolute Gasteiger partial charge is 0.454 e. The fourth-order valence-electron chi connectivity index (χ4n) is 2.64. The van der Waals surface area contributed by atoms with Crippen molar-refractivity contribution in [1.29, 1.82) is 0 Å². The minimum Gasteiger partial charge on any atom is -0.454 e. The number of rotatable bonds is 3. The van der Waals surface area contributed by atoms with E-state index in [0.717, 1.165) is 36.4 Å². The van der Waals surface area contributed by atoms with Gasteiger partial charge in [0.25, 0.3) is 0 Å². The first-order valence-corrected chi connectivity index (χ1v) is 7.28. The molecule has 2 aliphatic rings. The molecule has 0 spiro atoms. The van der Waals surface area contributed by atoms with Gasteiger partial charge in [0.2, 0.25) is 12.7 Å². The number of nitrogens with one attached hydrogen (secondary N) is 1. The number of amides is 1. The van der Waals surface area contributed by atoms with Crippen molar-refractivity contribution in [2.24, 2.45) is 5.73 Å². The van der Waals surface area contributed by atoms with Gasteiger partial charge in [-0.15, -0.1) is 0 Å². The van der Waals surface area contributed by atoms with Crippen LogP contribution in [0.2, 0.25) is 0 Å². The smallest absolute Gasteiger partial charge is 0.240 e. The van der Waals surface area contributed by atoms with Crippen LogP contribution in [0.15, 0.2) is 18.2 Å². The van der Waals surface area contributed by atoms with Crippen LogP contribution >= 0.6 is 12.2 Å². The Kier molecular flexibility index (Phi) is 3.83. The molecule has 1 fully saturated rings. The lowest BCUT2D eigenvalue weighted by Crippen LogP contribution is -2.47. The average molecular weight is 307 g/mol. The van der Waals surface area contributed by atoms with Crippen molar-refractivity contribution in [3.05, 3.63) is 23.8 Å². The first-order chi connectivity index (χ1) is 10.1. The van der Waals surface area contributed by atoms with Crippen LogP contribution in [-0.2, 0) is 11.3 Å². The third-order valence-electron chi connectivity index (χ3n) is 3.72. The summed E-state index contributed by atoms with van der Waals surface area (Å²) in [5.74, 6) is 1.19. The number of nitrogens with zero attached hydrogens (tertiary/aromatic N) is 1. The Morgan fingerprint density at radius 2 is 2.24 bits per heavy atom. The van der Waals surface area contributed by atoms with Crippen LogP contribution < -0.4 is 20.5 Å². The molecule has 1 atom stereocenters. The number of hydrogen-bond donors (Lipinski definition) is 2. The molecule has 2 aliphatic heterocycles. The van der Waals surface area contributed by atoms with E-state index in [1.807, 2.05) is 23.1 Å². The van der Waals surface area contributed by atoms with Crippen molar-refractivity contribution in [2.45, 2.75) is 25.4 Å². The van der Waals surface area contributed by atoms with Gasteiger partial charge in [-0.2, -0.15) is 0 Å². The van der Waals surface area contributed by atoms with Crippen molar-refractivity contribution in [1.82, 2.24) is 10.2 Å². The zero-order valence-electron chi connectivity index (χ0n) is 11.5. The summed E-state index contributed by atoms with van der Waals surface area (Å²) < 4.78 is 10.6. The van der Waals surface area contributed by atoms with E-state index in [1.54, 1.807) is 0 Å². The SMILES string of the molecule is NC(=O)[C@H]1CCCN1C(=S)NCc1ccc2c(c1)OCO2. The van der Waals surface area contributed by atoms with E-state index in [2.05, 4.69) is 5.32 Å². The molecular formula is C14H17N3O3S. The molecule has 0 unspecified atom stereocenters. The van der Waals surface area contributed by atoms with Crippen LogP contribution in [-0.4, -0.2) is 35.3 Å². The lowest BCUT2D eigenvalue weighted by Gasteiger charge is -2.25. The number of likely N-dealkylation sites (tertiary alicyclic amines) is 1. The summed E-state index contributed by atoms with van der Waals surface area (Å²) in [6.45, 7) is 1.59. The average Bonchev–Trinajstić information content (AvgIpc) is 3.12. The molecule has 0 aliphatic carbocycles. The maximum atomic E-state index is 11.4. The number of primary amides is 1. The Balaban J connectivity index is 1.60. The van der Waals surface area contributed by atoms with Gasteiger partial charge in [-0.3, -0.25) is 4.79 Å². The molecule has 2 heterocycles. The summed E-state index contributed by atoms with van der Waals surface area (Å²) in [5.41, 5.74) is 6.43. The number of carbonyl (C=O) groups is 1. The normalized spacial score (nSPS) is 19.6. The summed E-state index contributed by atoms with van der Waals surface area (Å²) in [4.78, 5) is 13.2. The van der Waals surface area contributed by atoms with E-state index in [4.69, 9.17) is 27.4 Å². The van der Waals surface area contributed by atoms with Crippen LogP contribution in [0.25, 0.3) is 0 Å². The first-order valence-electron chi connectivity index (χ1n) is 6.87. The quantitative estimate of drug-likeness (QED) is 0.802. The van der Waals surface area contributed by atoms with E-state index < -0.39 is 0 Å². The summed E-state index contributed by atoms with van der Waals surface area (Å²) in [6.07, 6.45) is 1.70. The molecule has 0 aromatic heterocycles. The molecule has 1 aromatic carbocycles. The van der Waals surface area contributed by atoms with Gasteiger partial charge < -0.3 is 25.4 Å². The van der Waals surface area contributed by atoms with E-state index in [0.29, 0.717) is 11.7 Å². The van der Waals surface area contributed by atoms with E-state index in [-0.39, 0.29) is 18.7 Å². The van der Waals surface area contributed by atoms with Crippen molar-refractivity contribution < 1.29 is 14.3 Å². The molecule has 0 saturated carbocycles. The van der Waals surface area contributed by atoms with E-state index in [1.165, 1.54) is 0 Å². The van der Waals surface area contributed by atoms with Gasteiger partial charge in [0.15, 0.2) is 16.6 Å². The Bertz CT molecular complexity index is 579. The first kappa shape index (κ1) is 13.9. The molecule has 7 heteroatoms. The molecule has 1 amide bonds. The monoisotopic (exact) mass is 307 g/mol. The van der Waals surface area contributed by atoms with Crippen LogP contribution in [0.3, 0.4) is 0 Å². The number of hydrogen-bond acceptors (Lipinski definition) is 4. The van der Waals surface area contributed by atoms with Crippen molar-refractivity contribution in [2.75, 3.05) is 13.3 Å². The van der Waals surface area contributed by atoms with Crippen LogP contribution in [0.5, 0.6) is 11.5 Å². The second-order valence-electron chi connectivity index (χ2n) is 5.10. The zero-order chi connectivity index (χ0) is 14.8. The number of fused-ring (bicyclic) bond motifs is 1. The van der Waals surface area contributed by atoms with Gasteiger partial charge in [0, 0.05) is 13.1 Å². The van der Waals surface area contributed by atoms with E-state index in [9.17, 15) is 4.79 Å². The topological polar surface area (TPSA) is 76.8 Å². The highest BCUT2D eigenvalue weighted by atomic mass is 32.1. The highest BCUT2D eigenvalue weighted by molar-refractivity contribution is 7.80. The van der Waals surface area contributed by atoms with Gasteiger partial charge in [-0.05, 0) is 42.8 Å². The van der Waals surface area contributed by atoms with Gasteiger partial charge >= 0.3 is 0 Å². The molecule has 112 valence electrons. The summed E-state index contributed by atoms with van der Waals surface area (Å²) in [5, 5.41) is 3.73. The molecular weight excluding hydrogens is 290 g/mol. The van der Waals surface area contributed by atoms with Crippen molar-refractivity contribution in [3.63, 3.8) is 0 Å². The molecule has 3 N–H and O–H groups in total. The summed E-state index contributed by atoms with van der Waals surface area (Å²) in [6, 6.07) is 5.47. The van der Waals surface area contributed by atoms with Gasteiger partial charge in [0.1, 0.15) is 6.04 Å². The number of benzene rings is 1. The summed E-state index contributed by atoms with van der Waals surface area (Å²) in [7, 11) is 0. The molecule has 1 aromatic rings. The van der Waals surface area contributed by atoms with E-state index >= 15 is 0 Å². The third-order valence-corrected chi connectivity index (χ3v) is 4.10. The molecule has 21 heavy (non-hydrogen) atoms. The fraction of sp³-hybridized carbons (Fsp3) is 0.429. The maximum Gasteiger partial charge on any atom is 0.240 e. The lowest BCUT2D eigenvalue weighted by molar-refractivity contribution is -0.121. The predicted octanol–water partition coefficient (Wildman–Crippen LogP) is 0.739. The lowest BCUT2D eigenvalue weighted by atomic mass is 10.2. The molecule has 1 saturated heterocycles. The van der Waals surface area contributed by atoms with Crippen LogP contribution in [0.1, 0.15) is 18.4 Å². The third kappa shape index (κ3) is 2.87. The predicted molar refractivity (Wildman–Crippen MR) is 80.9 cm³/mol. The van der Waals surface area contributed by atoms with Crippen LogP contribution in [0.4, 0.5) is 0 Å². The number of ether oxygens (including phenoxy) is 2. The molecule has 6 nitrogen and oxygen atoms in total. The highest BCUT2D eigenvalue weighted by Gasteiger charge is 2.30. The Labute approximate surface area is 128 Å². The number of nitrogens with two attached hydrogens (primary N) is 1. The Hall–Kier alpha value is -2.02. The van der Waals surface area contributed by atoms with Gasteiger partial charge in [0.05, 0.1) is 0 Å². The second-order valence-corrected chi connectivity index (χ2v) is 5.49. The molecule has 0 radical (unpaired) electrons. The summed E-state index contributed by atoms with van der Waals surface area (Å²) >= 11 is 5.36. The van der Waals surface area contributed by atoms with Gasteiger partial charge in [-0.1, -0.05) is 6.07 Å². The number of carbonyl (C=O) groups excluding carboxylic acids is 1. The Morgan fingerprint density at radius 1 is 1.43 bits per heavy atom. The van der Waals surface area contributed by atoms with Gasteiger partial charge in [-0.25, -0.2) is 0 Å². The standard InChI is InChI=1S/C14H17N3O3S/c15-13(18)10-2-1-5-17(10)14(21)16-7-9-3-4-11-12(6-9)20-8-19-11/h3-4,6,10H,1-2,5,7-8H2,(H2,15,18)(H,16,21)/t10-/m1/s1. The van der Waals surface area contributed by atoms with Crippen molar-refractivity contribution in [3.8, 4) is 11.5 Å². The van der Waals surface area contributed by atoms with Crippen molar-refractivity contribution >= 4 is 23.2 Å². The number of thiocarbonyl (C=S) groups is 1. The minimum atomic E-state index is -0.320. The Morgan fingerprint density at radius 3 is 3.05 bits per heavy atom. The maximum absolute atomic E-state index is 11.4. The fourth-order valence-corrected chi connectivity index (χ4v) is 2.93.